The SMILES string of the molecule is COc1cccc2sc(NC(=O)c3ccc(S(=O)(=O)N4CCC[C@@H](C)C4)cc3)nc12. The number of piperidine rings is 1. The number of para-hydroxylation sites is 1. The van der Waals surface area contributed by atoms with E-state index in [0.29, 0.717) is 41.0 Å². The van der Waals surface area contributed by atoms with Gasteiger partial charge in [0, 0.05) is 18.7 Å². The van der Waals surface area contributed by atoms with Gasteiger partial charge in [-0.05, 0) is 55.2 Å². The number of nitrogens with zero attached hydrogens (tertiary/aromatic N) is 2. The molecule has 30 heavy (non-hydrogen) atoms. The highest BCUT2D eigenvalue weighted by molar-refractivity contribution is 7.89. The van der Waals surface area contributed by atoms with Gasteiger partial charge in [-0.1, -0.05) is 24.3 Å². The molecule has 4 rings (SSSR count). The normalized spacial score (nSPS) is 17.7. The van der Waals surface area contributed by atoms with Crippen LogP contribution in [-0.2, 0) is 10.0 Å². The molecule has 7 nitrogen and oxygen atoms in total. The third-order valence-corrected chi connectivity index (χ3v) is 8.01. The van der Waals surface area contributed by atoms with Gasteiger partial charge in [0.25, 0.3) is 5.91 Å². The fourth-order valence-electron chi connectivity index (χ4n) is 3.60. The molecule has 1 atom stereocenters. The molecule has 1 aliphatic rings. The lowest BCUT2D eigenvalue weighted by Crippen LogP contribution is -2.39. The van der Waals surface area contributed by atoms with Gasteiger partial charge in [0.2, 0.25) is 10.0 Å². The Bertz CT molecular complexity index is 1170. The number of fused-ring (bicyclic) bond motifs is 1. The first kappa shape index (κ1) is 20.8. The Balaban J connectivity index is 1.51. The highest BCUT2D eigenvalue weighted by atomic mass is 32.2. The number of hydrogen-bond acceptors (Lipinski definition) is 6. The highest BCUT2D eigenvalue weighted by Gasteiger charge is 2.28. The predicted octanol–water partition coefficient (Wildman–Crippen LogP) is 3.98. The van der Waals surface area contributed by atoms with Crippen molar-refractivity contribution in [2.24, 2.45) is 5.92 Å². The highest BCUT2D eigenvalue weighted by Crippen LogP contribution is 2.32. The average Bonchev–Trinajstić information content (AvgIpc) is 3.16. The number of anilines is 1. The van der Waals surface area contributed by atoms with Crippen LogP contribution in [-0.4, -0.2) is 43.8 Å². The van der Waals surface area contributed by atoms with Crippen LogP contribution in [0.4, 0.5) is 5.13 Å². The van der Waals surface area contributed by atoms with Gasteiger partial charge in [0.15, 0.2) is 5.13 Å². The fourth-order valence-corrected chi connectivity index (χ4v) is 6.08. The molecule has 1 amide bonds. The van der Waals surface area contributed by atoms with Crippen LogP contribution < -0.4 is 10.1 Å². The number of thiazole rings is 1. The number of carbonyl (C=O) groups is 1. The second-order valence-corrected chi connectivity index (χ2v) is 10.4. The molecule has 2 heterocycles. The summed E-state index contributed by atoms with van der Waals surface area (Å²) in [4.78, 5) is 17.3. The largest absolute Gasteiger partial charge is 0.494 e. The molecule has 9 heteroatoms. The van der Waals surface area contributed by atoms with Gasteiger partial charge >= 0.3 is 0 Å². The van der Waals surface area contributed by atoms with Crippen molar-refractivity contribution in [3.8, 4) is 5.75 Å². The van der Waals surface area contributed by atoms with E-state index in [-0.39, 0.29) is 10.8 Å². The van der Waals surface area contributed by atoms with E-state index in [9.17, 15) is 13.2 Å². The maximum atomic E-state index is 12.9. The Morgan fingerprint density at radius 2 is 2.00 bits per heavy atom. The molecule has 0 saturated carbocycles. The zero-order valence-electron chi connectivity index (χ0n) is 16.8. The van der Waals surface area contributed by atoms with Crippen molar-refractivity contribution >= 4 is 42.6 Å². The first-order valence-electron chi connectivity index (χ1n) is 9.73. The first-order valence-corrected chi connectivity index (χ1v) is 12.0. The number of hydrogen-bond donors (Lipinski definition) is 1. The lowest BCUT2D eigenvalue weighted by molar-refractivity contribution is 0.102. The summed E-state index contributed by atoms with van der Waals surface area (Å²) >= 11 is 1.35. The number of rotatable bonds is 5. The van der Waals surface area contributed by atoms with Crippen LogP contribution in [0.25, 0.3) is 10.2 Å². The van der Waals surface area contributed by atoms with Crippen LogP contribution in [0.1, 0.15) is 30.1 Å². The molecule has 0 bridgehead atoms. The number of methoxy groups -OCH3 is 1. The number of sulfonamides is 1. The number of carbonyl (C=O) groups excluding carboxylic acids is 1. The minimum atomic E-state index is -3.54. The van der Waals surface area contributed by atoms with E-state index in [1.165, 1.54) is 39.9 Å². The lowest BCUT2D eigenvalue weighted by atomic mass is 10.0. The van der Waals surface area contributed by atoms with Crippen LogP contribution in [0, 0.1) is 5.92 Å². The van der Waals surface area contributed by atoms with Gasteiger partial charge in [-0.15, -0.1) is 0 Å². The summed E-state index contributed by atoms with van der Waals surface area (Å²) in [6.07, 6.45) is 1.91. The number of aromatic nitrogens is 1. The van der Waals surface area contributed by atoms with Gasteiger partial charge in [-0.25, -0.2) is 13.4 Å². The molecule has 0 unspecified atom stereocenters. The van der Waals surface area contributed by atoms with Crippen molar-refractivity contribution in [1.29, 1.82) is 0 Å². The van der Waals surface area contributed by atoms with Gasteiger partial charge in [-0.2, -0.15) is 4.31 Å². The number of ether oxygens (including phenoxy) is 1. The summed E-state index contributed by atoms with van der Waals surface area (Å²) in [5.74, 6) is 0.653. The zero-order chi connectivity index (χ0) is 21.3. The molecular formula is C21H23N3O4S2. The summed E-state index contributed by atoms with van der Waals surface area (Å²) < 4.78 is 33.5. The third-order valence-electron chi connectivity index (χ3n) is 5.20. The van der Waals surface area contributed by atoms with Crippen molar-refractivity contribution in [3.63, 3.8) is 0 Å². The van der Waals surface area contributed by atoms with Crippen LogP contribution >= 0.6 is 11.3 Å². The first-order chi connectivity index (χ1) is 14.4. The molecule has 1 fully saturated rings. The Hall–Kier alpha value is -2.49. The third kappa shape index (κ3) is 4.05. The summed E-state index contributed by atoms with van der Waals surface area (Å²) in [5.41, 5.74) is 1.06. The minimum absolute atomic E-state index is 0.206. The molecule has 2 aromatic carbocycles. The second kappa shape index (κ2) is 8.33. The van der Waals surface area contributed by atoms with E-state index in [0.717, 1.165) is 17.5 Å². The Labute approximate surface area is 179 Å². The maximum Gasteiger partial charge on any atom is 0.257 e. The van der Waals surface area contributed by atoms with Crippen LogP contribution in [0.3, 0.4) is 0 Å². The quantitative estimate of drug-likeness (QED) is 0.642. The predicted molar refractivity (Wildman–Crippen MR) is 118 cm³/mol. The molecule has 1 aromatic heterocycles. The van der Waals surface area contributed by atoms with Crippen molar-refractivity contribution in [2.75, 3.05) is 25.5 Å². The number of benzene rings is 2. The standard InChI is InChI=1S/C21H23N3O4S2/c1-14-5-4-12-24(13-14)30(26,27)16-10-8-15(9-11-16)20(25)23-21-22-19-17(28-2)6-3-7-18(19)29-21/h3,6-11,14H,4-5,12-13H2,1-2H3,(H,22,23,25)/t14-/m1/s1. The van der Waals surface area contributed by atoms with E-state index in [4.69, 9.17) is 4.74 Å². The molecular weight excluding hydrogens is 422 g/mol. The summed E-state index contributed by atoms with van der Waals surface area (Å²) in [6.45, 7) is 3.13. The van der Waals surface area contributed by atoms with Crippen LogP contribution in [0.15, 0.2) is 47.4 Å². The topological polar surface area (TPSA) is 88.6 Å². The summed E-state index contributed by atoms with van der Waals surface area (Å²) in [7, 11) is -1.97. The Morgan fingerprint density at radius 3 is 2.70 bits per heavy atom. The van der Waals surface area contributed by atoms with Crippen molar-refractivity contribution in [2.45, 2.75) is 24.7 Å². The van der Waals surface area contributed by atoms with Gasteiger partial charge in [0.1, 0.15) is 11.3 Å². The van der Waals surface area contributed by atoms with Crippen LogP contribution in [0.2, 0.25) is 0 Å². The molecule has 158 valence electrons. The molecule has 0 aliphatic carbocycles. The molecule has 3 aromatic rings. The van der Waals surface area contributed by atoms with E-state index >= 15 is 0 Å². The van der Waals surface area contributed by atoms with E-state index in [2.05, 4.69) is 17.2 Å². The van der Waals surface area contributed by atoms with E-state index in [1.54, 1.807) is 7.11 Å². The van der Waals surface area contributed by atoms with Crippen molar-refractivity contribution < 1.29 is 17.9 Å². The zero-order valence-corrected chi connectivity index (χ0v) is 18.4. The molecule has 0 radical (unpaired) electrons. The monoisotopic (exact) mass is 445 g/mol. The fraction of sp³-hybridized carbons (Fsp3) is 0.333. The summed E-state index contributed by atoms with van der Waals surface area (Å²) in [6, 6.07) is 11.6. The molecule has 1 N–H and O–H groups in total. The number of amides is 1. The smallest absolute Gasteiger partial charge is 0.257 e. The van der Waals surface area contributed by atoms with E-state index in [1.807, 2.05) is 18.2 Å². The van der Waals surface area contributed by atoms with Gasteiger partial charge in [-0.3, -0.25) is 10.1 Å². The van der Waals surface area contributed by atoms with Gasteiger partial charge in [0.05, 0.1) is 16.7 Å². The average molecular weight is 446 g/mol. The van der Waals surface area contributed by atoms with E-state index < -0.39 is 10.0 Å². The lowest BCUT2D eigenvalue weighted by Gasteiger charge is -2.30. The maximum absolute atomic E-state index is 12.9. The summed E-state index contributed by atoms with van der Waals surface area (Å²) in [5, 5.41) is 3.24. The van der Waals surface area contributed by atoms with Gasteiger partial charge < -0.3 is 4.74 Å². The second-order valence-electron chi connectivity index (χ2n) is 7.41. The Kier molecular flexibility index (Phi) is 5.77. The number of nitrogens with one attached hydrogen (secondary N) is 1. The Morgan fingerprint density at radius 1 is 1.23 bits per heavy atom. The molecule has 0 spiro atoms. The van der Waals surface area contributed by atoms with Crippen molar-refractivity contribution in [3.05, 3.63) is 48.0 Å². The molecule has 1 saturated heterocycles. The van der Waals surface area contributed by atoms with Crippen molar-refractivity contribution in [1.82, 2.24) is 9.29 Å². The minimum Gasteiger partial charge on any atom is -0.494 e. The molecule has 1 aliphatic heterocycles. The van der Waals surface area contributed by atoms with Crippen LogP contribution in [0.5, 0.6) is 5.75 Å².